The Hall–Kier alpha value is -3.33. The van der Waals surface area contributed by atoms with Gasteiger partial charge in [0.1, 0.15) is 0 Å². The van der Waals surface area contributed by atoms with Crippen LogP contribution >= 0.6 is 11.6 Å². The van der Waals surface area contributed by atoms with Crippen molar-refractivity contribution in [3.05, 3.63) is 76.6 Å². The van der Waals surface area contributed by atoms with E-state index in [2.05, 4.69) is 15.7 Å². The molecule has 6 nitrogen and oxygen atoms in total. The lowest BCUT2D eigenvalue weighted by atomic mass is 10.1. The molecule has 0 aliphatic heterocycles. The number of anilines is 1. The summed E-state index contributed by atoms with van der Waals surface area (Å²) in [7, 11) is 0. The minimum absolute atomic E-state index is 0.0354. The molecule has 2 aromatic carbocycles. The van der Waals surface area contributed by atoms with E-state index in [9.17, 15) is 22.8 Å². The Labute approximate surface area is 193 Å². The number of carbonyl (C=O) groups excluding carboxylic acids is 2. The number of alkyl halides is 3. The summed E-state index contributed by atoms with van der Waals surface area (Å²) in [6.07, 6.45) is -3.59. The molecule has 0 saturated heterocycles. The molecule has 3 aromatic rings. The minimum Gasteiger partial charge on any atom is -0.348 e. The first-order valence-corrected chi connectivity index (χ1v) is 10.5. The highest BCUT2D eigenvalue weighted by molar-refractivity contribution is 6.30. The summed E-state index contributed by atoms with van der Waals surface area (Å²) in [6.45, 7) is 3.82. The normalized spacial score (nSPS) is 11.5. The van der Waals surface area contributed by atoms with Gasteiger partial charge in [0.15, 0.2) is 5.69 Å². The number of rotatable bonds is 7. The molecule has 0 radical (unpaired) electrons. The van der Waals surface area contributed by atoms with Gasteiger partial charge in [0.25, 0.3) is 5.91 Å². The van der Waals surface area contributed by atoms with Crippen molar-refractivity contribution < 1.29 is 22.8 Å². The van der Waals surface area contributed by atoms with Crippen LogP contribution in [-0.2, 0) is 17.5 Å². The number of carbonyl (C=O) groups is 2. The van der Waals surface area contributed by atoms with Crippen molar-refractivity contribution in [1.29, 1.82) is 0 Å². The highest BCUT2D eigenvalue weighted by Gasteiger charge is 2.40. The molecule has 0 atom stereocenters. The van der Waals surface area contributed by atoms with Gasteiger partial charge in [-0.3, -0.25) is 9.59 Å². The third kappa shape index (κ3) is 6.35. The summed E-state index contributed by atoms with van der Waals surface area (Å²) in [6, 6.07) is 12.5. The molecule has 0 bridgehead atoms. The molecule has 33 heavy (non-hydrogen) atoms. The van der Waals surface area contributed by atoms with E-state index in [1.165, 1.54) is 24.3 Å². The molecule has 2 amide bonds. The molecule has 0 saturated carbocycles. The molecule has 1 aromatic heterocycles. The number of nitrogens with zero attached hydrogens (tertiary/aromatic N) is 2. The first kappa shape index (κ1) is 24.3. The first-order chi connectivity index (χ1) is 15.5. The van der Waals surface area contributed by atoms with E-state index < -0.39 is 23.3 Å². The number of hydrogen-bond acceptors (Lipinski definition) is 3. The highest BCUT2D eigenvalue weighted by Crippen LogP contribution is 2.34. The molecule has 1 heterocycles. The second-order valence-corrected chi connectivity index (χ2v) is 8.26. The zero-order valence-corrected chi connectivity index (χ0v) is 18.7. The SMILES string of the molecule is CC(C)CC(=O)Nc1cccc(CNC(=O)c2cnn(-c3cccc(Cl)c3)c2C(F)(F)F)c1. The van der Waals surface area contributed by atoms with Crippen LogP contribution in [0.25, 0.3) is 5.69 Å². The van der Waals surface area contributed by atoms with Crippen LogP contribution in [0, 0.1) is 5.92 Å². The van der Waals surface area contributed by atoms with Crippen LogP contribution in [-0.4, -0.2) is 21.6 Å². The van der Waals surface area contributed by atoms with Crippen molar-refractivity contribution >= 4 is 29.1 Å². The van der Waals surface area contributed by atoms with Crippen LogP contribution in [0.5, 0.6) is 0 Å². The summed E-state index contributed by atoms with van der Waals surface area (Å²) >= 11 is 5.89. The van der Waals surface area contributed by atoms with E-state index in [1.54, 1.807) is 24.3 Å². The fourth-order valence-corrected chi connectivity index (χ4v) is 3.39. The molecule has 3 rings (SSSR count). The third-order valence-corrected chi connectivity index (χ3v) is 4.83. The second-order valence-electron chi connectivity index (χ2n) is 7.83. The fraction of sp³-hybridized carbons (Fsp3) is 0.261. The van der Waals surface area contributed by atoms with Crippen molar-refractivity contribution in [1.82, 2.24) is 15.1 Å². The lowest BCUT2D eigenvalue weighted by Crippen LogP contribution is -2.26. The van der Waals surface area contributed by atoms with E-state index in [0.717, 1.165) is 6.20 Å². The van der Waals surface area contributed by atoms with E-state index in [4.69, 9.17) is 11.6 Å². The molecule has 2 N–H and O–H groups in total. The van der Waals surface area contributed by atoms with Crippen molar-refractivity contribution in [3.63, 3.8) is 0 Å². The zero-order valence-electron chi connectivity index (χ0n) is 17.9. The Kier molecular flexibility index (Phi) is 7.43. The molecule has 10 heteroatoms. The molecule has 0 unspecified atom stereocenters. The molecular weight excluding hydrogens is 457 g/mol. The van der Waals surface area contributed by atoms with Crippen LogP contribution in [0.15, 0.2) is 54.7 Å². The summed E-state index contributed by atoms with van der Waals surface area (Å²) in [5.41, 5.74) is -0.571. The Morgan fingerprint density at radius 3 is 2.52 bits per heavy atom. The van der Waals surface area contributed by atoms with Gasteiger partial charge in [0.05, 0.1) is 17.4 Å². The average molecular weight is 479 g/mol. The molecule has 0 aliphatic rings. The maximum atomic E-state index is 13.8. The van der Waals surface area contributed by atoms with Gasteiger partial charge in [0.2, 0.25) is 5.91 Å². The summed E-state index contributed by atoms with van der Waals surface area (Å²) in [5, 5.41) is 9.26. The van der Waals surface area contributed by atoms with Gasteiger partial charge in [-0.2, -0.15) is 18.3 Å². The third-order valence-electron chi connectivity index (χ3n) is 4.59. The molecule has 0 spiro atoms. The van der Waals surface area contributed by atoms with Gasteiger partial charge < -0.3 is 10.6 Å². The zero-order chi connectivity index (χ0) is 24.2. The van der Waals surface area contributed by atoms with Crippen molar-refractivity contribution in [2.75, 3.05) is 5.32 Å². The van der Waals surface area contributed by atoms with Crippen LogP contribution in [0.3, 0.4) is 0 Å². The Morgan fingerprint density at radius 2 is 1.85 bits per heavy atom. The maximum Gasteiger partial charge on any atom is 0.434 e. The lowest BCUT2D eigenvalue weighted by molar-refractivity contribution is -0.143. The summed E-state index contributed by atoms with van der Waals surface area (Å²) < 4.78 is 42.1. The van der Waals surface area contributed by atoms with Gasteiger partial charge in [-0.1, -0.05) is 43.6 Å². The number of hydrogen-bond donors (Lipinski definition) is 2. The Morgan fingerprint density at radius 1 is 1.12 bits per heavy atom. The van der Waals surface area contributed by atoms with Crippen molar-refractivity contribution in [3.8, 4) is 5.69 Å². The quantitative estimate of drug-likeness (QED) is 0.473. The van der Waals surface area contributed by atoms with Crippen LogP contribution in [0.2, 0.25) is 5.02 Å². The molecule has 0 fully saturated rings. The number of benzene rings is 2. The predicted octanol–water partition coefficient (Wildman–Crippen LogP) is 5.46. The van der Waals surface area contributed by atoms with E-state index >= 15 is 0 Å². The van der Waals surface area contributed by atoms with Crippen molar-refractivity contribution in [2.24, 2.45) is 5.92 Å². The highest BCUT2D eigenvalue weighted by atomic mass is 35.5. The van der Waals surface area contributed by atoms with Gasteiger partial charge in [-0.05, 0) is 41.8 Å². The topological polar surface area (TPSA) is 76.0 Å². The molecular formula is C23H22ClF3N4O2. The number of halogens is 4. The van der Waals surface area contributed by atoms with E-state index in [-0.39, 0.29) is 29.1 Å². The number of nitrogens with one attached hydrogen (secondary N) is 2. The van der Waals surface area contributed by atoms with Gasteiger partial charge >= 0.3 is 6.18 Å². The Bertz CT molecular complexity index is 1160. The van der Waals surface area contributed by atoms with Gasteiger partial charge in [-0.25, -0.2) is 4.68 Å². The summed E-state index contributed by atoms with van der Waals surface area (Å²) in [4.78, 5) is 24.6. The minimum atomic E-state index is -4.83. The van der Waals surface area contributed by atoms with E-state index in [1.807, 2.05) is 13.8 Å². The molecule has 174 valence electrons. The molecule has 0 aliphatic carbocycles. The van der Waals surface area contributed by atoms with E-state index in [0.29, 0.717) is 22.4 Å². The fourth-order valence-electron chi connectivity index (χ4n) is 3.21. The van der Waals surface area contributed by atoms with Crippen LogP contribution in [0.4, 0.5) is 18.9 Å². The van der Waals surface area contributed by atoms with Crippen LogP contribution < -0.4 is 10.6 Å². The van der Waals surface area contributed by atoms with Crippen LogP contribution in [0.1, 0.15) is 41.9 Å². The number of aromatic nitrogens is 2. The van der Waals surface area contributed by atoms with Gasteiger partial charge in [0, 0.05) is 23.7 Å². The first-order valence-electron chi connectivity index (χ1n) is 10.1. The Balaban J connectivity index is 1.77. The van der Waals surface area contributed by atoms with Crippen molar-refractivity contribution in [2.45, 2.75) is 33.0 Å². The smallest absolute Gasteiger partial charge is 0.348 e. The maximum absolute atomic E-state index is 13.8. The second kappa shape index (κ2) is 10.1. The summed E-state index contributed by atoms with van der Waals surface area (Å²) in [5.74, 6) is -0.873. The largest absolute Gasteiger partial charge is 0.434 e. The predicted molar refractivity (Wildman–Crippen MR) is 119 cm³/mol. The monoisotopic (exact) mass is 478 g/mol. The standard InChI is InChI=1S/C23H22ClF3N4O2/c1-14(2)9-20(32)30-17-7-3-5-15(10-17)12-28-22(33)19-13-29-31(21(19)23(25,26)27)18-8-4-6-16(24)11-18/h3-8,10-11,13-14H,9,12H2,1-2H3,(H,28,33)(H,30,32). The number of amides is 2. The lowest BCUT2D eigenvalue weighted by Gasteiger charge is -2.13. The average Bonchev–Trinajstić information content (AvgIpc) is 3.17. The van der Waals surface area contributed by atoms with Gasteiger partial charge in [-0.15, -0.1) is 0 Å².